The van der Waals surface area contributed by atoms with Gasteiger partial charge in [-0.15, -0.1) is 0 Å². The van der Waals surface area contributed by atoms with Crippen molar-refractivity contribution >= 4 is 46.8 Å². The fraction of sp³-hybridized carbons (Fsp3) is 0.250. The van der Waals surface area contributed by atoms with Gasteiger partial charge in [-0.25, -0.2) is 0 Å². The van der Waals surface area contributed by atoms with Gasteiger partial charge in [-0.1, -0.05) is 0 Å². The van der Waals surface area contributed by atoms with Crippen LogP contribution in [0.15, 0.2) is 48.5 Å². The Morgan fingerprint density at radius 2 is 0.833 bits per heavy atom. The fourth-order valence-electron chi connectivity index (χ4n) is 4.37. The smallest absolute Gasteiger partial charge is 0.255 e. The lowest BCUT2D eigenvalue weighted by Gasteiger charge is -2.15. The van der Waals surface area contributed by atoms with Crippen molar-refractivity contribution in [3.63, 3.8) is 0 Å². The average Bonchev–Trinajstić information content (AvgIpc) is 3.11. The molecule has 0 bridgehead atoms. The molecule has 0 unspecified atom stereocenters. The summed E-state index contributed by atoms with van der Waals surface area (Å²) in [5, 5.41) is 15.1. The van der Waals surface area contributed by atoms with Gasteiger partial charge in [0.05, 0.1) is 63.8 Å². The Morgan fingerprint density at radius 3 is 1.17 bits per heavy atom. The molecule has 0 radical (unpaired) electrons. The third-order valence-corrected chi connectivity index (χ3v) is 6.74. The van der Waals surface area contributed by atoms with E-state index >= 15 is 0 Å². The summed E-state index contributed by atoms with van der Waals surface area (Å²) >= 11 is 0. The first-order valence-corrected chi connectivity index (χ1v) is 14.2. The van der Waals surface area contributed by atoms with E-state index < -0.39 is 48.5 Å². The summed E-state index contributed by atoms with van der Waals surface area (Å²) in [6.07, 6.45) is 0. The van der Waals surface area contributed by atoms with Gasteiger partial charge in [0.1, 0.15) is 23.0 Å². The summed E-state index contributed by atoms with van der Waals surface area (Å²) in [5.74, 6) is -2.82. The van der Waals surface area contributed by atoms with Crippen LogP contribution < -0.4 is 50.8 Å². The minimum Gasteiger partial charge on any atom is -0.496 e. The van der Waals surface area contributed by atoms with Crippen LogP contribution >= 0.6 is 0 Å². The molecular formula is C32H36N6O10. The zero-order valence-electron chi connectivity index (χ0n) is 27.1. The predicted octanol–water partition coefficient (Wildman–Crippen LogP) is 1.18. The minimum atomic E-state index is -0.747. The molecule has 0 atom stereocenters. The van der Waals surface area contributed by atoms with E-state index in [2.05, 4.69) is 31.9 Å². The van der Waals surface area contributed by atoms with E-state index in [1.54, 1.807) is 0 Å². The minimum absolute atomic E-state index is 0.0517. The number of anilines is 2. The monoisotopic (exact) mass is 664 g/mol. The number of carbonyl (C=O) groups excluding carboxylic acids is 6. The highest BCUT2D eigenvalue weighted by atomic mass is 16.5. The summed E-state index contributed by atoms with van der Waals surface area (Å²) < 4.78 is 21.0. The number of benzene rings is 3. The van der Waals surface area contributed by atoms with E-state index in [0.717, 1.165) is 0 Å². The third kappa shape index (κ3) is 8.90. The Kier molecular flexibility index (Phi) is 12.7. The number of amides is 6. The highest BCUT2D eigenvalue weighted by Crippen LogP contribution is 2.29. The molecule has 0 aliphatic heterocycles. The van der Waals surface area contributed by atoms with Crippen LogP contribution in [0.2, 0.25) is 0 Å². The number of rotatable bonds is 14. The SMILES string of the molecule is CNC(=O)c1cc(NC(=O)CNC(=O)c2cc(C(=O)NCC(=O)Nc3ccc(OC)c(C(=O)NC)c3)c(OC)cc2OC)ccc1OC. The molecule has 48 heavy (non-hydrogen) atoms. The molecule has 0 aliphatic rings. The Morgan fingerprint density at radius 1 is 0.479 bits per heavy atom. The Hall–Kier alpha value is -6.32. The molecule has 6 amide bonds. The molecule has 3 rings (SSSR count). The van der Waals surface area contributed by atoms with Crippen LogP contribution in [0.25, 0.3) is 0 Å². The standard InChI is InChI=1S/C32H36N6O10/c1-33-29(41)19-11-17(7-9-23(19)45-3)37-27(39)15-35-31(43)21-13-22(26(48-6)14-25(21)47-5)32(44)36-16-28(40)38-18-8-10-24(46-4)20(12-18)30(42)34-2/h7-14H,15-16H2,1-6H3,(H,33,41)(H,34,42)(H,35,43)(H,36,44)(H,37,39)(H,38,40). The van der Waals surface area contributed by atoms with Crippen molar-refractivity contribution in [1.29, 1.82) is 0 Å². The van der Waals surface area contributed by atoms with E-state index in [0.29, 0.717) is 11.5 Å². The maximum absolute atomic E-state index is 13.1. The lowest BCUT2D eigenvalue weighted by molar-refractivity contribution is -0.116. The van der Waals surface area contributed by atoms with Crippen LogP contribution in [0.1, 0.15) is 41.4 Å². The zero-order valence-corrected chi connectivity index (χ0v) is 27.1. The molecule has 0 spiro atoms. The molecule has 0 aromatic heterocycles. The average molecular weight is 665 g/mol. The quantitative estimate of drug-likeness (QED) is 0.145. The van der Waals surface area contributed by atoms with Crippen LogP contribution in [-0.4, -0.2) is 91.1 Å². The van der Waals surface area contributed by atoms with E-state index in [1.165, 1.54) is 91.1 Å². The highest BCUT2D eigenvalue weighted by molar-refractivity contribution is 6.06. The van der Waals surface area contributed by atoms with Gasteiger partial charge in [0.2, 0.25) is 11.8 Å². The number of methoxy groups -OCH3 is 4. The normalized spacial score (nSPS) is 10.1. The molecule has 3 aromatic rings. The van der Waals surface area contributed by atoms with Gasteiger partial charge in [-0.3, -0.25) is 28.8 Å². The van der Waals surface area contributed by atoms with Crippen molar-refractivity contribution in [2.24, 2.45) is 0 Å². The van der Waals surface area contributed by atoms with Crippen molar-refractivity contribution in [2.75, 3.05) is 66.3 Å². The topological polar surface area (TPSA) is 212 Å². The maximum Gasteiger partial charge on any atom is 0.255 e. The molecule has 0 aliphatic carbocycles. The van der Waals surface area contributed by atoms with Gasteiger partial charge in [0.15, 0.2) is 0 Å². The second-order valence-electron chi connectivity index (χ2n) is 9.70. The zero-order chi connectivity index (χ0) is 35.4. The van der Waals surface area contributed by atoms with Crippen molar-refractivity contribution in [3.8, 4) is 23.0 Å². The summed E-state index contributed by atoms with van der Waals surface area (Å²) in [7, 11) is 8.35. The second-order valence-corrected chi connectivity index (χ2v) is 9.70. The van der Waals surface area contributed by atoms with Crippen molar-refractivity contribution in [2.45, 2.75) is 0 Å². The molecule has 0 heterocycles. The van der Waals surface area contributed by atoms with E-state index in [-0.39, 0.29) is 45.1 Å². The number of nitrogens with one attached hydrogen (secondary N) is 6. The van der Waals surface area contributed by atoms with E-state index in [9.17, 15) is 28.8 Å². The van der Waals surface area contributed by atoms with Crippen LogP contribution in [0.3, 0.4) is 0 Å². The number of hydrogen-bond donors (Lipinski definition) is 6. The molecular weight excluding hydrogens is 628 g/mol. The molecule has 16 heteroatoms. The molecule has 0 saturated heterocycles. The molecule has 6 N–H and O–H groups in total. The van der Waals surface area contributed by atoms with Gasteiger partial charge in [-0.2, -0.15) is 0 Å². The highest BCUT2D eigenvalue weighted by Gasteiger charge is 2.22. The third-order valence-electron chi connectivity index (χ3n) is 6.74. The van der Waals surface area contributed by atoms with Gasteiger partial charge in [0, 0.05) is 31.5 Å². The summed E-state index contributed by atoms with van der Waals surface area (Å²) in [6, 6.07) is 11.5. The summed E-state index contributed by atoms with van der Waals surface area (Å²) in [4.78, 5) is 75.8. The molecule has 16 nitrogen and oxygen atoms in total. The Balaban J connectivity index is 1.69. The van der Waals surface area contributed by atoms with Gasteiger partial charge in [-0.05, 0) is 42.5 Å². The van der Waals surface area contributed by atoms with Gasteiger partial charge < -0.3 is 50.8 Å². The molecule has 0 fully saturated rings. The first-order valence-electron chi connectivity index (χ1n) is 14.2. The molecule has 0 saturated carbocycles. The largest absolute Gasteiger partial charge is 0.496 e. The maximum atomic E-state index is 13.1. The number of carbonyl (C=O) groups is 6. The van der Waals surface area contributed by atoms with Crippen LogP contribution in [0, 0.1) is 0 Å². The lowest BCUT2D eigenvalue weighted by atomic mass is 10.1. The number of hydrogen-bond acceptors (Lipinski definition) is 10. The van der Waals surface area contributed by atoms with Crippen molar-refractivity contribution in [3.05, 3.63) is 70.8 Å². The molecule has 254 valence electrons. The van der Waals surface area contributed by atoms with Crippen molar-refractivity contribution < 1.29 is 47.7 Å². The second kappa shape index (κ2) is 16.8. The van der Waals surface area contributed by atoms with Crippen molar-refractivity contribution in [1.82, 2.24) is 21.3 Å². The van der Waals surface area contributed by atoms with E-state index in [1.807, 2.05) is 0 Å². The predicted molar refractivity (Wildman–Crippen MR) is 174 cm³/mol. The summed E-state index contributed by atoms with van der Waals surface area (Å²) in [6.45, 7) is -0.936. The first kappa shape index (κ1) is 36.2. The van der Waals surface area contributed by atoms with Crippen LogP contribution in [0.4, 0.5) is 11.4 Å². The molecule has 3 aromatic carbocycles. The van der Waals surface area contributed by atoms with Crippen LogP contribution in [0.5, 0.6) is 23.0 Å². The van der Waals surface area contributed by atoms with E-state index in [4.69, 9.17) is 18.9 Å². The fourth-order valence-corrected chi connectivity index (χ4v) is 4.37. The summed E-state index contributed by atoms with van der Waals surface area (Å²) in [5.41, 5.74) is 0.794. The number of ether oxygens (including phenoxy) is 4. The van der Waals surface area contributed by atoms with Gasteiger partial charge >= 0.3 is 0 Å². The Labute approximate surface area is 275 Å². The Bertz CT molecular complexity index is 1600. The first-order chi connectivity index (χ1) is 23.0. The lowest BCUT2D eigenvalue weighted by Crippen LogP contribution is -2.34. The van der Waals surface area contributed by atoms with Gasteiger partial charge in [0.25, 0.3) is 23.6 Å². The van der Waals surface area contributed by atoms with Crippen LogP contribution in [-0.2, 0) is 9.59 Å².